The van der Waals surface area contributed by atoms with E-state index in [4.69, 9.17) is 0 Å². The molecule has 5 heteroatoms. The molecule has 2 heterocycles. The fourth-order valence-corrected chi connectivity index (χ4v) is 2.93. The van der Waals surface area contributed by atoms with Crippen molar-refractivity contribution >= 4 is 0 Å². The van der Waals surface area contributed by atoms with E-state index in [0.717, 1.165) is 22.5 Å². The third kappa shape index (κ3) is 4.18. The third-order valence-electron chi connectivity index (χ3n) is 4.65. The number of nitrogens with zero attached hydrogens (tertiary/aromatic N) is 3. The first-order chi connectivity index (χ1) is 12.6. The molecule has 0 amide bonds. The summed E-state index contributed by atoms with van der Waals surface area (Å²) in [5.74, 6) is 0.506. The van der Waals surface area contributed by atoms with Gasteiger partial charge in [-0.15, -0.1) is 0 Å². The standard InChI is InChI=1S/C21H26N4O/c1-15(2)17-4-6-18(7-5-17)21(14-26)23-12-19-13-25(24-16(19)3)20-8-10-22-11-9-20/h4-11,13,15,21,23,26H,12,14H2,1-3H3. The molecular weight excluding hydrogens is 324 g/mol. The molecule has 1 unspecified atom stereocenters. The summed E-state index contributed by atoms with van der Waals surface area (Å²) >= 11 is 0. The Hall–Kier alpha value is -2.50. The fraction of sp³-hybridized carbons (Fsp3) is 0.333. The molecule has 0 aliphatic carbocycles. The van der Waals surface area contributed by atoms with Gasteiger partial charge < -0.3 is 10.4 Å². The van der Waals surface area contributed by atoms with E-state index in [-0.39, 0.29) is 12.6 Å². The smallest absolute Gasteiger partial charge is 0.0676 e. The molecule has 0 saturated carbocycles. The summed E-state index contributed by atoms with van der Waals surface area (Å²) in [6.07, 6.45) is 5.54. The van der Waals surface area contributed by atoms with Crippen molar-refractivity contribution in [1.82, 2.24) is 20.1 Å². The van der Waals surface area contributed by atoms with Gasteiger partial charge in [-0.2, -0.15) is 5.10 Å². The summed E-state index contributed by atoms with van der Waals surface area (Å²) in [7, 11) is 0. The number of benzene rings is 1. The molecule has 2 N–H and O–H groups in total. The molecule has 1 atom stereocenters. The zero-order valence-electron chi connectivity index (χ0n) is 15.6. The van der Waals surface area contributed by atoms with Crippen molar-refractivity contribution < 1.29 is 5.11 Å². The van der Waals surface area contributed by atoms with E-state index in [1.165, 1.54) is 5.56 Å². The number of pyridine rings is 1. The molecule has 5 nitrogen and oxygen atoms in total. The van der Waals surface area contributed by atoms with Crippen LogP contribution in [0.2, 0.25) is 0 Å². The van der Waals surface area contributed by atoms with Gasteiger partial charge in [0, 0.05) is 30.7 Å². The van der Waals surface area contributed by atoms with Crippen LogP contribution in [0, 0.1) is 6.92 Å². The van der Waals surface area contributed by atoms with Gasteiger partial charge in [-0.25, -0.2) is 4.68 Å². The molecule has 2 aromatic heterocycles. The van der Waals surface area contributed by atoms with Crippen LogP contribution >= 0.6 is 0 Å². The second-order valence-electron chi connectivity index (χ2n) is 6.83. The number of aliphatic hydroxyl groups excluding tert-OH is 1. The summed E-state index contributed by atoms with van der Waals surface area (Å²) in [5, 5.41) is 17.8. The van der Waals surface area contributed by atoms with Crippen LogP contribution in [0.15, 0.2) is 55.0 Å². The number of hydrogen-bond acceptors (Lipinski definition) is 4. The Kier molecular flexibility index (Phi) is 5.81. The Morgan fingerprint density at radius 3 is 2.31 bits per heavy atom. The lowest BCUT2D eigenvalue weighted by Crippen LogP contribution is -2.24. The predicted octanol–water partition coefficient (Wildman–Crippen LogP) is 3.52. The van der Waals surface area contributed by atoms with Crippen LogP contribution in [0.4, 0.5) is 0 Å². The highest BCUT2D eigenvalue weighted by Gasteiger charge is 2.13. The van der Waals surface area contributed by atoms with Gasteiger partial charge in [0.25, 0.3) is 0 Å². The summed E-state index contributed by atoms with van der Waals surface area (Å²) in [6.45, 7) is 7.06. The molecule has 0 aliphatic heterocycles. The summed E-state index contributed by atoms with van der Waals surface area (Å²) < 4.78 is 1.86. The Labute approximate surface area is 154 Å². The van der Waals surface area contributed by atoms with Gasteiger partial charge in [0.1, 0.15) is 0 Å². The molecule has 0 saturated heterocycles. The molecule has 0 bridgehead atoms. The van der Waals surface area contributed by atoms with Gasteiger partial charge in [-0.3, -0.25) is 4.98 Å². The normalized spacial score (nSPS) is 12.5. The number of aliphatic hydroxyl groups is 1. The lowest BCUT2D eigenvalue weighted by Gasteiger charge is -2.17. The highest BCUT2D eigenvalue weighted by molar-refractivity contribution is 5.31. The molecule has 26 heavy (non-hydrogen) atoms. The minimum Gasteiger partial charge on any atom is -0.394 e. The maximum Gasteiger partial charge on any atom is 0.0676 e. The van der Waals surface area contributed by atoms with E-state index in [2.05, 4.69) is 53.5 Å². The second kappa shape index (κ2) is 8.25. The van der Waals surface area contributed by atoms with E-state index in [1.807, 2.05) is 29.9 Å². The maximum atomic E-state index is 9.80. The zero-order chi connectivity index (χ0) is 18.5. The molecule has 0 spiro atoms. The number of rotatable bonds is 7. The number of nitrogens with one attached hydrogen (secondary N) is 1. The van der Waals surface area contributed by atoms with Crippen molar-refractivity contribution in [3.8, 4) is 5.69 Å². The lowest BCUT2D eigenvalue weighted by molar-refractivity contribution is 0.243. The zero-order valence-corrected chi connectivity index (χ0v) is 15.6. The Morgan fingerprint density at radius 1 is 1.04 bits per heavy atom. The second-order valence-corrected chi connectivity index (χ2v) is 6.83. The van der Waals surface area contributed by atoms with E-state index in [1.54, 1.807) is 12.4 Å². The monoisotopic (exact) mass is 350 g/mol. The number of hydrogen-bond donors (Lipinski definition) is 2. The van der Waals surface area contributed by atoms with Crippen LogP contribution in [0.5, 0.6) is 0 Å². The number of aromatic nitrogens is 3. The first-order valence-electron chi connectivity index (χ1n) is 8.98. The maximum absolute atomic E-state index is 9.80. The van der Waals surface area contributed by atoms with Gasteiger partial charge >= 0.3 is 0 Å². The molecule has 136 valence electrons. The highest BCUT2D eigenvalue weighted by Crippen LogP contribution is 2.19. The van der Waals surface area contributed by atoms with Crippen LogP contribution in [-0.2, 0) is 6.54 Å². The van der Waals surface area contributed by atoms with Crippen molar-refractivity contribution in [2.45, 2.75) is 39.3 Å². The molecule has 3 aromatic rings. The first-order valence-corrected chi connectivity index (χ1v) is 8.98. The molecule has 0 aliphatic rings. The van der Waals surface area contributed by atoms with Crippen molar-refractivity contribution in [3.05, 3.63) is 77.4 Å². The van der Waals surface area contributed by atoms with E-state index in [0.29, 0.717) is 12.5 Å². The van der Waals surface area contributed by atoms with Crippen molar-refractivity contribution in [3.63, 3.8) is 0 Å². The molecule has 0 radical (unpaired) electrons. The summed E-state index contributed by atoms with van der Waals surface area (Å²) in [6, 6.07) is 12.2. The van der Waals surface area contributed by atoms with Crippen LogP contribution in [0.1, 0.15) is 48.2 Å². The minimum absolute atomic E-state index is 0.0541. The largest absolute Gasteiger partial charge is 0.394 e. The average molecular weight is 350 g/mol. The van der Waals surface area contributed by atoms with Crippen molar-refractivity contribution in [2.24, 2.45) is 0 Å². The molecule has 3 rings (SSSR count). The van der Waals surface area contributed by atoms with Crippen molar-refractivity contribution in [2.75, 3.05) is 6.61 Å². The van der Waals surface area contributed by atoms with Crippen molar-refractivity contribution in [1.29, 1.82) is 0 Å². The quantitative estimate of drug-likeness (QED) is 0.684. The Balaban J connectivity index is 1.70. The first kappa shape index (κ1) is 18.3. The minimum atomic E-state index is -0.0973. The Morgan fingerprint density at radius 2 is 1.69 bits per heavy atom. The summed E-state index contributed by atoms with van der Waals surface area (Å²) in [5.41, 5.74) is 5.47. The lowest BCUT2D eigenvalue weighted by atomic mass is 9.99. The Bertz CT molecular complexity index is 825. The van der Waals surface area contributed by atoms with Crippen LogP contribution in [0.3, 0.4) is 0 Å². The van der Waals surface area contributed by atoms with E-state index in [9.17, 15) is 5.11 Å². The topological polar surface area (TPSA) is 63.0 Å². The molecule has 0 fully saturated rings. The molecule has 1 aromatic carbocycles. The number of aryl methyl sites for hydroxylation is 1. The SMILES string of the molecule is Cc1nn(-c2ccncc2)cc1CNC(CO)c1ccc(C(C)C)cc1. The van der Waals surface area contributed by atoms with E-state index < -0.39 is 0 Å². The van der Waals surface area contributed by atoms with Gasteiger partial charge in [-0.05, 0) is 36.1 Å². The van der Waals surface area contributed by atoms with Crippen LogP contribution in [-0.4, -0.2) is 26.5 Å². The van der Waals surface area contributed by atoms with Gasteiger partial charge in [0.2, 0.25) is 0 Å². The predicted molar refractivity (Wildman–Crippen MR) is 103 cm³/mol. The average Bonchev–Trinajstić information content (AvgIpc) is 3.04. The van der Waals surface area contributed by atoms with Crippen LogP contribution in [0.25, 0.3) is 5.69 Å². The van der Waals surface area contributed by atoms with E-state index >= 15 is 0 Å². The van der Waals surface area contributed by atoms with Crippen LogP contribution < -0.4 is 5.32 Å². The summed E-state index contributed by atoms with van der Waals surface area (Å²) in [4.78, 5) is 4.04. The van der Waals surface area contributed by atoms with Gasteiger partial charge in [-0.1, -0.05) is 38.1 Å². The van der Waals surface area contributed by atoms with Gasteiger partial charge in [0.15, 0.2) is 0 Å². The van der Waals surface area contributed by atoms with Gasteiger partial charge in [0.05, 0.1) is 24.0 Å². The fourth-order valence-electron chi connectivity index (χ4n) is 2.93. The molecular formula is C21H26N4O. The third-order valence-corrected chi connectivity index (χ3v) is 4.65. The highest BCUT2D eigenvalue weighted by atomic mass is 16.3.